The first-order valence-corrected chi connectivity index (χ1v) is 4.57. The molecule has 1 aliphatic rings. The average Bonchev–Trinajstić information content (AvgIpc) is 2.20. The molecule has 72 valence electrons. The van der Waals surface area contributed by atoms with E-state index in [0.717, 1.165) is 5.69 Å². The molecule has 14 heavy (non-hydrogen) atoms. The molecule has 1 aromatic carbocycles. The summed E-state index contributed by atoms with van der Waals surface area (Å²) in [6.45, 7) is 0.660. The Bertz CT molecular complexity index is 374. The number of benzene rings is 1. The summed E-state index contributed by atoms with van der Waals surface area (Å²) in [4.78, 5) is 0. The van der Waals surface area contributed by atoms with Crippen LogP contribution in [0.2, 0.25) is 0 Å². The first-order valence-electron chi connectivity index (χ1n) is 4.17. The number of rotatable bonds is 1. The van der Waals surface area contributed by atoms with E-state index in [-0.39, 0.29) is 5.75 Å². The van der Waals surface area contributed by atoms with Crippen LogP contribution < -0.4 is 10.3 Å². The largest absolute Gasteiger partial charge is 0.508 e. The number of phenols is 1. The molecule has 1 aromatic rings. The van der Waals surface area contributed by atoms with Gasteiger partial charge in [-0.25, -0.2) is 5.01 Å². The van der Waals surface area contributed by atoms with Gasteiger partial charge in [0.25, 0.3) is 0 Å². The molecule has 0 aromatic heterocycles. The molecule has 0 unspecified atom stereocenters. The number of phenolic OH excluding ortho intramolecular Hbond substituents is 1. The Morgan fingerprint density at radius 2 is 2.07 bits per heavy atom. The second-order valence-corrected chi connectivity index (χ2v) is 3.20. The van der Waals surface area contributed by atoms with Crippen molar-refractivity contribution in [3.63, 3.8) is 0 Å². The van der Waals surface area contributed by atoms with Crippen LogP contribution in [0.15, 0.2) is 29.4 Å². The van der Waals surface area contributed by atoms with Crippen molar-refractivity contribution >= 4 is 29.2 Å². The predicted octanol–water partition coefficient (Wildman–Crippen LogP) is 1.07. The molecule has 0 radical (unpaired) electrons. The molecular weight excluding hydrogens is 198 g/mol. The Morgan fingerprint density at radius 1 is 1.36 bits per heavy atom. The summed E-state index contributed by atoms with van der Waals surface area (Å²) in [5.41, 5.74) is 0.830. The number of hydrazone groups is 1. The van der Waals surface area contributed by atoms with Crippen molar-refractivity contribution in [3.05, 3.63) is 24.3 Å². The zero-order valence-electron chi connectivity index (χ0n) is 7.34. The molecule has 4 nitrogen and oxygen atoms in total. The smallest absolute Gasteiger partial charge is 0.194 e. The van der Waals surface area contributed by atoms with Crippen LogP contribution in [-0.4, -0.2) is 23.0 Å². The van der Waals surface area contributed by atoms with Crippen molar-refractivity contribution in [1.82, 2.24) is 5.32 Å². The van der Waals surface area contributed by atoms with Gasteiger partial charge in [0.1, 0.15) is 5.75 Å². The third-order valence-electron chi connectivity index (χ3n) is 1.83. The minimum Gasteiger partial charge on any atom is -0.508 e. The molecular formula is C9H9N3OS. The fourth-order valence-electron chi connectivity index (χ4n) is 1.16. The first kappa shape index (κ1) is 8.96. The van der Waals surface area contributed by atoms with Crippen LogP contribution in [0.4, 0.5) is 5.69 Å². The van der Waals surface area contributed by atoms with Gasteiger partial charge in [-0.15, -0.1) is 0 Å². The molecule has 2 N–H and O–H groups in total. The first-order chi connectivity index (χ1) is 6.77. The molecule has 0 bridgehead atoms. The van der Waals surface area contributed by atoms with Gasteiger partial charge >= 0.3 is 0 Å². The highest BCUT2D eigenvalue weighted by molar-refractivity contribution is 7.80. The maximum Gasteiger partial charge on any atom is 0.194 e. The van der Waals surface area contributed by atoms with Crippen molar-refractivity contribution < 1.29 is 5.11 Å². The van der Waals surface area contributed by atoms with Gasteiger partial charge in [-0.1, -0.05) is 0 Å². The van der Waals surface area contributed by atoms with Crippen molar-refractivity contribution in [2.24, 2.45) is 5.10 Å². The van der Waals surface area contributed by atoms with Crippen molar-refractivity contribution in [1.29, 1.82) is 0 Å². The van der Waals surface area contributed by atoms with E-state index < -0.39 is 0 Å². The number of thiocarbonyl (C=S) groups is 1. The number of nitrogens with zero attached hydrogens (tertiary/aromatic N) is 2. The van der Waals surface area contributed by atoms with E-state index in [1.165, 1.54) is 0 Å². The lowest BCUT2D eigenvalue weighted by atomic mass is 10.3. The lowest BCUT2D eigenvalue weighted by Crippen LogP contribution is -2.41. The van der Waals surface area contributed by atoms with Crippen LogP contribution in [-0.2, 0) is 0 Å². The predicted molar refractivity (Wildman–Crippen MR) is 59.7 cm³/mol. The number of aromatic hydroxyl groups is 1. The molecule has 2 rings (SSSR count). The third kappa shape index (κ3) is 1.67. The summed E-state index contributed by atoms with van der Waals surface area (Å²) in [6.07, 6.45) is 1.74. The van der Waals surface area contributed by atoms with Crippen LogP contribution in [0, 0.1) is 0 Å². The van der Waals surface area contributed by atoms with Gasteiger partial charge in [-0.2, -0.15) is 5.10 Å². The highest BCUT2D eigenvalue weighted by Gasteiger charge is 2.12. The Morgan fingerprint density at radius 3 is 2.71 bits per heavy atom. The minimum atomic E-state index is 0.230. The SMILES string of the molecule is Oc1ccc(N2N=CCNC2=S)cc1. The van der Waals surface area contributed by atoms with Crippen LogP contribution in [0.5, 0.6) is 5.75 Å². The molecule has 0 atom stereocenters. The molecule has 1 heterocycles. The molecule has 0 amide bonds. The summed E-state index contributed by atoms with van der Waals surface area (Å²) in [7, 11) is 0. The Hall–Kier alpha value is -1.62. The van der Waals surface area contributed by atoms with Gasteiger partial charge < -0.3 is 10.4 Å². The minimum absolute atomic E-state index is 0.230. The van der Waals surface area contributed by atoms with E-state index in [0.29, 0.717) is 11.7 Å². The van der Waals surface area contributed by atoms with E-state index in [2.05, 4.69) is 10.4 Å². The number of nitrogens with one attached hydrogen (secondary N) is 1. The van der Waals surface area contributed by atoms with Gasteiger partial charge in [0.05, 0.1) is 12.2 Å². The molecule has 1 aliphatic heterocycles. The summed E-state index contributed by atoms with van der Waals surface area (Å²) < 4.78 is 0. The van der Waals surface area contributed by atoms with Gasteiger partial charge in [-0.05, 0) is 36.5 Å². The Balaban J connectivity index is 2.29. The van der Waals surface area contributed by atoms with Crippen LogP contribution in [0.25, 0.3) is 0 Å². The third-order valence-corrected chi connectivity index (χ3v) is 2.15. The molecule has 0 aliphatic carbocycles. The Kier molecular flexibility index (Phi) is 2.32. The van der Waals surface area contributed by atoms with E-state index in [1.54, 1.807) is 35.5 Å². The fourth-order valence-corrected chi connectivity index (χ4v) is 1.40. The summed E-state index contributed by atoms with van der Waals surface area (Å²) in [6, 6.07) is 6.71. The quantitative estimate of drug-likeness (QED) is 0.676. The molecule has 0 saturated heterocycles. The maximum absolute atomic E-state index is 9.12. The topological polar surface area (TPSA) is 47.9 Å². The zero-order chi connectivity index (χ0) is 9.97. The number of hydrogen-bond donors (Lipinski definition) is 2. The second kappa shape index (κ2) is 3.63. The lowest BCUT2D eigenvalue weighted by molar-refractivity contribution is 0.475. The van der Waals surface area contributed by atoms with Gasteiger partial charge in [0.2, 0.25) is 0 Å². The monoisotopic (exact) mass is 207 g/mol. The summed E-state index contributed by atoms with van der Waals surface area (Å²) in [5, 5.41) is 18.4. The maximum atomic E-state index is 9.12. The van der Waals surface area contributed by atoms with E-state index >= 15 is 0 Å². The van der Waals surface area contributed by atoms with Gasteiger partial charge in [-0.3, -0.25) is 0 Å². The summed E-state index contributed by atoms with van der Waals surface area (Å²) in [5.74, 6) is 0.230. The summed E-state index contributed by atoms with van der Waals surface area (Å²) >= 11 is 5.08. The van der Waals surface area contributed by atoms with Crippen LogP contribution in [0.3, 0.4) is 0 Å². The molecule has 0 spiro atoms. The molecule has 5 heteroatoms. The van der Waals surface area contributed by atoms with Gasteiger partial charge in [0, 0.05) is 6.21 Å². The lowest BCUT2D eigenvalue weighted by Gasteiger charge is -2.23. The zero-order valence-corrected chi connectivity index (χ0v) is 8.16. The fraction of sp³-hybridized carbons (Fsp3) is 0.111. The molecule has 0 saturated carbocycles. The van der Waals surface area contributed by atoms with Crippen molar-refractivity contribution in [2.75, 3.05) is 11.6 Å². The average molecular weight is 207 g/mol. The van der Waals surface area contributed by atoms with E-state index in [1.807, 2.05) is 0 Å². The highest BCUT2D eigenvalue weighted by Crippen LogP contribution is 2.19. The molecule has 0 fully saturated rings. The van der Waals surface area contributed by atoms with E-state index in [4.69, 9.17) is 17.3 Å². The van der Waals surface area contributed by atoms with E-state index in [9.17, 15) is 0 Å². The van der Waals surface area contributed by atoms with Crippen molar-refractivity contribution in [2.45, 2.75) is 0 Å². The number of hydrogen-bond acceptors (Lipinski definition) is 3. The van der Waals surface area contributed by atoms with Crippen LogP contribution in [0.1, 0.15) is 0 Å². The second-order valence-electron chi connectivity index (χ2n) is 2.81. The number of anilines is 1. The highest BCUT2D eigenvalue weighted by atomic mass is 32.1. The Labute approximate surface area is 86.8 Å². The van der Waals surface area contributed by atoms with Crippen LogP contribution >= 0.6 is 12.2 Å². The van der Waals surface area contributed by atoms with Gasteiger partial charge in [0.15, 0.2) is 5.11 Å². The normalized spacial score (nSPS) is 15.4. The standard InChI is InChI=1S/C9H9N3OS/c13-8-3-1-7(2-4-8)12-9(14)10-5-6-11-12/h1-4,6,13H,5H2,(H,10,14). The van der Waals surface area contributed by atoms with Crippen molar-refractivity contribution in [3.8, 4) is 5.75 Å².